The van der Waals surface area contributed by atoms with Crippen molar-refractivity contribution in [1.82, 2.24) is 34.6 Å². The zero-order valence-corrected chi connectivity index (χ0v) is 28.2. The summed E-state index contributed by atoms with van der Waals surface area (Å²) in [6.45, 7) is 9.04. The van der Waals surface area contributed by atoms with E-state index in [9.17, 15) is 9.59 Å². The Kier molecular flexibility index (Phi) is 9.94. The molecular weight excluding hydrogens is 610 g/mol. The molecule has 246 valence electrons. The Morgan fingerprint density at radius 1 is 1.00 bits per heavy atom. The number of amides is 3. The standard InChI is InChI=1S/C37H44ClN7O2/c1-37(2,3)41-36(47)45-22-21-43(34-31-15-14-30(38)23-29(31)13-12-28-11-7-16-40-33(28)34)25-32(45)35(46)44(24-27-9-5-4-6-10-27)19-8-18-42-20-17-39-26-42/h4-7,9-11,14-17,20,23,26,32,34H,8,12-13,18-19,21-22,24-25H2,1-3H3,(H,41,47)/t32-,34-/m1/s1. The minimum absolute atomic E-state index is 0.0561. The van der Waals surface area contributed by atoms with E-state index in [4.69, 9.17) is 16.6 Å². The summed E-state index contributed by atoms with van der Waals surface area (Å²) in [5, 5.41) is 3.84. The van der Waals surface area contributed by atoms with Gasteiger partial charge in [-0.2, -0.15) is 0 Å². The van der Waals surface area contributed by atoms with Crippen molar-refractivity contribution in [1.29, 1.82) is 0 Å². The number of carbonyl (C=O) groups is 2. The number of rotatable bonds is 8. The summed E-state index contributed by atoms with van der Waals surface area (Å²) in [5.41, 5.74) is 5.17. The van der Waals surface area contributed by atoms with Crippen LogP contribution in [0.15, 0.2) is 85.6 Å². The van der Waals surface area contributed by atoms with E-state index in [0.717, 1.165) is 42.6 Å². The van der Waals surface area contributed by atoms with Gasteiger partial charge in [-0.3, -0.25) is 14.7 Å². The highest BCUT2D eigenvalue weighted by molar-refractivity contribution is 6.30. The third-order valence-electron chi connectivity index (χ3n) is 8.98. The molecule has 4 aromatic rings. The number of urea groups is 1. The average molecular weight is 654 g/mol. The maximum absolute atomic E-state index is 14.8. The lowest BCUT2D eigenvalue weighted by Crippen LogP contribution is -2.64. The third-order valence-corrected chi connectivity index (χ3v) is 9.22. The number of nitrogens with one attached hydrogen (secondary N) is 1. The van der Waals surface area contributed by atoms with Crippen molar-refractivity contribution in [3.63, 3.8) is 0 Å². The molecule has 2 aromatic carbocycles. The maximum Gasteiger partial charge on any atom is 0.318 e. The number of aryl methyl sites for hydroxylation is 3. The number of hydrogen-bond acceptors (Lipinski definition) is 5. The van der Waals surface area contributed by atoms with E-state index in [1.54, 1.807) is 17.4 Å². The van der Waals surface area contributed by atoms with Crippen LogP contribution < -0.4 is 5.32 Å². The van der Waals surface area contributed by atoms with Crippen molar-refractivity contribution in [2.75, 3.05) is 26.2 Å². The lowest BCUT2D eigenvalue weighted by molar-refractivity contribution is -0.139. The van der Waals surface area contributed by atoms with Crippen LogP contribution in [-0.2, 0) is 30.7 Å². The molecule has 3 amide bonds. The predicted octanol–water partition coefficient (Wildman–Crippen LogP) is 5.73. The summed E-state index contributed by atoms with van der Waals surface area (Å²) >= 11 is 6.49. The molecular formula is C37H44ClN7O2. The number of hydrogen-bond donors (Lipinski definition) is 1. The first-order valence-corrected chi connectivity index (χ1v) is 16.9. The van der Waals surface area contributed by atoms with Gasteiger partial charge in [-0.1, -0.05) is 54.1 Å². The van der Waals surface area contributed by atoms with Gasteiger partial charge in [-0.25, -0.2) is 9.78 Å². The molecule has 6 rings (SSSR count). The highest BCUT2D eigenvalue weighted by Crippen LogP contribution is 2.38. The number of nitrogens with zero attached hydrogens (tertiary/aromatic N) is 6. The van der Waals surface area contributed by atoms with Gasteiger partial charge in [0.25, 0.3) is 0 Å². The molecule has 0 unspecified atom stereocenters. The van der Waals surface area contributed by atoms with E-state index >= 15 is 0 Å². The number of halogens is 1. The van der Waals surface area contributed by atoms with Crippen molar-refractivity contribution < 1.29 is 9.59 Å². The lowest BCUT2D eigenvalue weighted by atomic mass is 9.95. The minimum atomic E-state index is -0.686. The summed E-state index contributed by atoms with van der Waals surface area (Å²) in [6.07, 6.45) is 9.84. The molecule has 2 aliphatic rings. The first-order valence-electron chi connectivity index (χ1n) is 16.5. The monoisotopic (exact) mass is 653 g/mol. The number of pyridine rings is 1. The SMILES string of the molecule is CC(C)(C)NC(=O)N1CCN([C@@H]2c3ccc(Cl)cc3CCc3cccnc32)C[C@@H]1C(=O)N(CCCn1ccnc1)Cc1ccccc1. The van der Waals surface area contributed by atoms with Crippen LogP contribution in [0.3, 0.4) is 0 Å². The summed E-state index contributed by atoms with van der Waals surface area (Å²) in [5.74, 6) is -0.0561. The Hall–Kier alpha value is -4.21. The highest BCUT2D eigenvalue weighted by Gasteiger charge is 2.42. The van der Waals surface area contributed by atoms with E-state index < -0.39 is 11.6 Å². The summed E-state index contributed by atoms with van der Waals surface area (Å²) < 4.78 is 2.02. The second kappa shape index (κ2) is 14.3. The molecule has 0 spiro atoms. The number of fused-ring (bicyclic) bond motifs is 2. The summed E-state index contributed by atoms with van der Waals surface area (Å²) in [7, 11) is 0. The van der Waals surface area contributed by atoms with E-state index in [1.165, 1.54) is 11.1 Å². The molecule has 1 N–H and O–H groups in total. The van der Waals surface area contributed by atoms with Crippen molar-refractivity contribution in [2.24, 2.45) is 0 Å². The van der Waals surface area contributed by atoms with Gasteiger partial charge in [0.15, 0.2) is 0 Å². The van der Waals surface area contributed by atoms with Crippen molar-refractivity contribution in [3.8, 4) is 0 Å². The van der Waals surface area contributed by atoms with Gasteiger partial charge < -0.3 is 19.7 Å². The Morgan fingerprint density at radius 3 is 2.57 bits per heavy atom. The van der Waals surface area contributed by atoms with E-state index in [1.807, 2.05) is 85.1 Å². The van der Waals surface area contributed by atoms with Gasteiger partial charge in [-0.15, -0.1) is 0 Å². The second-order valence-corrected chi connectivity index (χ2v) is 14.0. The molecule has 10 heteroatoms. The zero-order valence-electron chi connectivity index (χ0n) is 27.5. The van der Waals surface area contributed by atoms with Gasteiger partial charge in [0.2, 0.25) is 5.91 Å². The Balaban J connectivity index is 1.35. The van der Waals surface area contributed by atoms with Gasteiger partial charge in [0, 0.05) is 68.4 Å². The van der Waals surface area contributed by atoms with Crippen LogP contribution in [0.4, 0.5) is 4.79 Å². The van der Waals surface area contributed by atoms with Crippen LogP contribution in [0.5, 0.6) is 0 Å². The third kappa shape index (κ3) is 7.85. The van der Waals surface area contributed by atoms with Crippen LogP contribution in [-0.4, -0.2) is 78.9 Å². The fourth-order valence-corrected chi connectivity index (χ4v) is 6.98. The number of piperazine rings is 1. The van der Waals surface area contributed by atoms with Gasteiger partial charge in [0.05, 0.1) is 18.1 Å². The maximum atomic E-state index is 14.8. The predicted molar refractivity (Wildman–Crippen MR) is 184 cm³/mol. The molecule has 9 nitrogen and oxygen atoms in total. The number of carbonyl (C=O) groups excluding carboxylic acids is 2. The highest BCUT2D eigenvalue weighted by atomic mass is 35.5. The van der Waals surface area contributed by atoms with Crippen LogP contribution in [0, 0.1) is 0 Å². The molecule has 1 fully saturated rings. The van der Waals surface area contributed by atoms with Crippen molar-refractivity contribution in [3.05, 3.63) is 119 Å². The Labute approximate surface area is 282 Å². The van der Waals surface area contributed by atoms with Crippen LogP contribution in [0.1, 0.15) is 61.2 Å². The fourth-order valence-electron chi connectivity index (χ4n) is 6.78. The first-order chi connectivity index (χ1) is 22.7. The topological polar surface area (TPSA) is 86.6 Å². The number of imidazole rings is 1. The van der Waals surface area contributed by atoms with Crippen molar-refractivity contribution in [2.45, 2.75) is 70.7 Å². The molecule has 1 aliphatic carbocycles. The fraction of sp³-hybridized carbons (Fsp3) is 0.405. The first kappa shape index (κ1) is 32.7. The molecule has 47 heavy (non-hydrogen) atoms. The molecule has 1 saturated heterocycles. The molecule has 2 aromatic heterocycles. The largest absolute Gasteiger partial charge is 0.337 e. The average Bonchev–Trinajstić information content (AvgIpc) is 3.52. The van der Waals surface area contributed by atoms with Crippen LogP contribution in [0.2, 0.25) is 5.02 Å². The number of aromatic nitrogens is 3. The molecule has 1 aliphatic heterocycles. The molecule has 3 heterocycles. The van der Waals surface area contributed by atoms with Crippen LogP contribution in [0.25, 0.3) is 0 Å². The molecule has 0 radical (unpaired) electrons. The quantitative estimate of drug-likeness (QED) is 0.262. The summed E-state index contributed by atoms with van der Waals surface area (Å²) in [4.78, 5) is 43.8. The van der Waals surface area contributed by atoms with Crippen molar-refractivity contribution >= 4 is 23.5 Å². The van der Waals surface area contributed by atoms with Crippen LogP contribution >= 0.6 is 11.6 Å². The summed E-state index contributed by atoms with van der Waals surface area (Å²) in [6, 6.07) is 19.3. The van der Waals surface area contributed by atoms with Gasteiger partial charge in [0.1, 0.15) is 6.04 Å². The molecule has 0 bridgehead atoms. The lowest BCUT2D eigenvalue weighted by Gasteiger charge is -2.45. The van der Waals surface area contributed by atoms with E-state index in [2.05, 4.69) is 33.4 Å². The van der Waals surface area contributed by atoms with E-state index in [-0.39, 0.29) is 18.0 Å². The Morgan fingerprint density at radius 2 is 1.81 bits per heavy atom. The Bertz CT molecular complexity index is 1670. The molecule has 2 atom stereocenters. The normalized spacial score (nSPS) is 18.2. The van der Waals surface area contributed by atoms with E-state index in [0.29, 0.717) is 37.7 Å². The zero-order chi connectivity index (χ0) is 33.0. The van der Waals surface area contributed by atoms with Gasteiger partial charge in [-0.05, 0) is 80.5 Å². The minimum Gasteiger partial charge on any atom is -0.337 e. The molecule has 0 saturated carbocycles. The number of benzene rings is 2. The van der Waals surface area contributed by atoms with Gasteiger partial charge >= 0.3 is 6.03 Å². The smallest absolute Gasteiger partial charge is 0.318 e. The second-order valence-electron chi connectivity index (χ2n) is 13.6.